The van der Waals surface area contributed by atoms with E-state index in [-0.39, 0.29) is 23.0 Å². The van der Waals surface area contributed by atoms with Crippen molar-refractivity contribution in [3.8, 4) is 0 Å². The first kappa shape index (κ1) is 25.5. The standard InChI is InChI=1S/C16H25N3O4S.C2HF3O2/c1-22-9-8-18-11-14-15(12-18)19(7-5-16(14)23-2)24(20,21)13-4-3-6-17-10-13;3-2(4,5)1(6)7/h3-4,6,10,14-16H,5,7-9,11-12H2,1-2H3;(H,6,7)/t14-,15+,16-;/m0./s1. The van der Waals surface area contributed by atoms with Gasteiger partial charge in [0.25, 0.3) is 0 Å². The third-order valence-electron chi connectivity index (χ3n) is 5.29. The molecule has 1 aromatic heterocycles. The first-order valence-corrected chi connectivity index (χ1v) is 10.9. The maximum absolute atomic E-state index is 13.0. The molecule has 1 N–H and O–H groups in total. The number of carbonyl (C=O) groups is 1. The SMILES string of the molecule is COCCN1C[C@@H]2[C@@H](OC)CCN(S(=O)(=O)c3cccnc3)[C@@H]2C1.O=C(O)C(F)(F)F. The molecule has 13 heteroatoms. The fourth-order valence-corrected chi connectivity index (χ4v) is 5.47. The van der Waals surface area contributed by atoms with Crippen LogP contribution < -0.4 is 0 Å². The first-order chi connectivity index (χ1) is 14.5. The predicted octanol–water partition coefficient (Wildman–Crippen LogP) is 1.07. The Hall–Kier alpha value is -1.80. The van der Waals surface area contributed by atoms with Crippen LogP contribution in [0.25, 0.3) is 0 Å². The summed E-state index contributed by atoms with van der Waals surface area (Å²) < 4.78 is 70.3. The van der Waals surface area contributed by atoms with E-state index < -0.39 is 22.2 Å². The van der Waals surface area contributed by atoms with Crippen LogP contribution in [0.3, 0.4) is 0 Å². The summed E-state index contributed by atoms with van der Waals surface area (Å²) in [5, 5.41) is 7.12. The van der Waals surface area contributed by atoms with Gasteiger partial charge in [0.15, 0.2) is 0 Å². The molecule has 9 nitrogen and oxygen atoms in total. The van der Waals surface area contributed by atoms with Crippen LogP contribution >= 0.6 is 0 Å². The van der Waals surface area contributed by atoms with Gasteiger partial charge in [-0.15, -0.1) is 0 Å². The number of pyridine rings is 1. The van der Waals surface area contributed by atoms with E-state index >= 15 is 0 Å². The van der Waals surface area contributed by atoms with Gasteiger partial charge in [-0.2, -0.15) is 17.5 Å². The van der Waals surface area contributed by atoms with Gasteiger partial charge < -0.3 is 14.6 Å². The van der Waals surface area contributed by atoms with Gasteiger partial charge in [0.05, 0.1) is 12.7 Å². The van der Waals surface area contributed by atoms with Gasteiger partial charge in [0.2, 0.25) is 10.0 Å². The minimum absolute atomic E-state index is 0.0641. The molecule has 0 aromatic carbocycles. The minimum atomic E-state index is -5.08. The molecule has 176 valence electrons. The Kier molecular flexibility index (Phi) is 8.77. The van der Waals surface area contributed by atoms with E-state index in [9.17, 15) is 21.6 Å². The molecule has 2 saturated heterocycles. The number of piperidine rings is 1. The molecule has 3 rings (SSSR count). The summed E-state index contributed by atoms with van der Waals surface area (Å²) in [6.45, 7) is 3.49. The highest BCUT2D eigenvalue weighted by atomic mass is 32.2. The topological polar surface area (TPSA) is 109 Å². The maximum atomic E-state index is 13.0. The highest BCUT2D eigenvalue weighted by Crippen LogP contribution is 2.35. The molecular weight excluding hydrogens is 443 g/mol. The van der Waals surface area contributed by atoms with E-state index in [0.29, 0.717) is 19.7 Å². The number of alkyl halides is 3. The van der Waals surface area contributed by atoms with Gasteiger partial charge in [-0.1, -0.05) is 0 Å². The van der Waals surface area contributed by atoms with E-state index in [4.69, 9.17) is 19.4 Å². The van der Waals surface area contributed by atoms with E-state index in [2.05, 4.69) is 9.88 Å². The first-order valence-electron chi connectivity index (χ1n) is 9.48. The molecule has 3 heterocycles. The number of sulfonamides is 1. The molecule has 2 aliphatic rings. The number of aliphatic carboxylic acids is 1. The molecule has 0 amide bonds. The highest BCUT2D eigenvalue weighted by Gasteiger charge is 2.48. The van der Waals surface area contributed by atoms with E-state index in [0.717, 1.165) is 19.5 Å². The lowest BCUT2D eigenvalue weighted by Gasteiger charge is -2.40. The van der Waals surface area contributed by atoms with Crippen LogP contribution in [0.5, 0.6) is 0 Å². The van der Waals surface area contributed by atoms with Crippen molar-refractivity contribution in [3.05, 3.63) is 24.5 Å². The molecule has 1 aromatic rings. The van der Waals surface area contributed by atoms with E-state index in [1.807, 2.05) is 0 Å². The van der Waals surface area contributed by atoms with Crippen LogP contribution in [0.15, 0.2) is 29.4 Å². The second-order valence-corrected chi connectivity index (χ2v) is 9.04. The highest BCUT2D eigenvalue weighted by molar-refractivity contribution is 7.89. The van der Waals surface area contributed by atoms with Crippen LogP contribution in [-0.2, 0) is 24.3 Å². The number of hydrogen-bond donors (Lipinski definition) is 1. The van der Waals surface area contributed by atoms with Crippen molar-refractivity contribution in [2.24, 2.45) is 5.92 Å². The summed E-state index contributed by atoms with van der Waals surface area (Å²) in [7, 11) is -0.141. The van der Waals surface area contributed by atoms with Gasteiger partial charge >= 0.3 is 12.1 Å². The van der Waals surface area contributed by atoms with Crippen molar-refractivity contribution >= 4 is 16.0 Å². The molecule has 31 heavy (non-hydrogen) atoms. The van der Waals surface area contributed by atoms with Crippen LogP contribution in [0.4, 0.5) is 13.2 Å². The molecule has 3 atom stereocenters. The number of aromatic nitrogens is 1. The summed E-state index contributed by atoms with van der Waals surface area (Å²) >= 11 is 0. The number of fused-ring (bicyclic) bond motifs is 1. The van der Waals surface area contributed by atoms with Gasteiger partial charge in [0.1, 0.15) is 4.90 Å². The smallest absolute Gasteiger partial charge is 0.475 e. The maximum Gasteiger partial charge on any atom is 0.490 e. The molecule has 0 unspecified atom stereocenters. The quantitative estimate of drug-likeness (QED) is 0.659. The molecule has 2 fully saturated rings. The normalized spacial score (nSPS) is 24.9. The number of carboxylic acids is 1. The Morgan fingerprint density at radius 2 is 2.00 bits per heavy atom. The molecule has 2 aliphatic heterocycles. The van der Waals surface area contributed by atoms with Crippen LogP contribution in [0, 0.1) is 5.92 Å². The Morgan fingerprint density at radius 3 is 2.52 bits per heavy atom. The lowest BCUT2D eigenvalue weighted by Crippen LogP contribution is -2.53. The summed E-state index contributed by atoms with van der Waals surface area (Å²) in [4.78, 5) is 15.4. The Bertz CT molecular complexity index is 825. The molecule has 0 bridgehead atoms. The zero-order valence-corrected chi connectivity index (χ0v) is 18.0. The monoisotopic (exact) mass is 469 g/mol. The Morgan fingerprint density at radius 1 is 1.32 bits per heavy atom. The lowest BCUT2D eigenvalue weighted by molar-refractivity contribution is -0.192. The van der Waals surface area contributed by atoms with Crippen molar-refractivity contribution in [3.63, 3.8) is 0 Å². The lowest BCUT2D eigenvalue weighted by atomic mass is 9.91. The Balaban J connectivity index is 0.000000423. The fourth-order valence-electron chi connectivity index (χ4n) is 3.83. The van der Waals surface area contributed by atoms with Crippen molar-refractivity contribution in [2.45, 2.75) is 29.6 Å². The number of carboxylic acid groups (broad SMARTS) is 1. The van der Waals surface area contributed by atoms with E-state index in [1.54, 1.807) is 36.9 Å². The van der Waals surface area contributed by atoms with Crippen molar-refractivity contribution in [1.82, 2.24) is 14.2 Å². The number of rotatable bonds is 6. The number of ether oxygens (including phenoxy) is 2. The average molecular weight is 469 g/mol. The number of hydrogen-bond acceptors (Lipinski definition) is 7. The third kappa shape index (κ3) is 6.35. The molecular formula is C18H26F3N3O6S. The minimum Gasteiger partial charge on any atom is -0.475 e. The number of methoxy groups -OCH3 is 2. The summed E-state index contributed by atoms with van der Waals surface area (Å²) in [6.07, 6.45) is -1.26. The fraction of sp³-hybridized carbons (Fsp3) is 0.667. The van der Waals surface area contributed by atoms with Crippen molar-refractivity contribution < 1.29 is 41.0 Å². The van der Waals surface area contributed by atoms with Gasteiger partial charge in [-0.05, 0) is 18.6 Å². The van der Waals surface area contributed by atoms with Crippen molar-refractivity contribution in [1.29, 1.82) is 0 Å². The second-order valence-electron chi connectivity index (χ2n) is 7.15. The number of halogens is 3. The number of nitrogens with zero attached hydrogens (tertiary/aromatic N) is 3. The molecule has 0 aliphatic carbocycles. The number of likely N-dealkylation sites (tertiary alicyclic amines) is 1. The Labute approximate surface area is 178 Å². The van der Waals surface area contributed by atoms with Gasteiger partial charge in [0, 0.05) is 64.8 Å². The van der Waals surface area contributed by atoms with Crippen LogP contribution in [0.2, 0.25) is 0 Å². The zero-order chi connectivity index (χ0) is 23.2. The summed E-state index contributed by atoms with van der Waals surface area (Å²) in [6, 6.07) is 3.20. The largest absolute Gasteiger partial charge is 0.490 e. The summed E-state index contributed by atoms with van der Waals surface area (Å²) in [5.74, 6) is -2.57. The summed E-state index contributed by atoms with van der Waals surface area (Å²) in [5.41, 5.74) is 0. The van der Waals surface area contributed by atoms with Gasteiger partial charge in [-0.25, -0.2) is 13.2 Å². The third-order valence-corrected chi connectivity index (χ3v) is 7.20. The van der Waals surface area contributed by atoms with Crippen molar-refractivity contribution in [2.75, 3.05) is 47.0 Å². The van der Waals surface area contributed by atoms with Crippen LogP contribution in [0.1, 0.15) is 6.42 Å². The molecule has 0 radical (unpaired) electrons. The average Bonchev–Trinajstić information content (AvgIpc) is 3.15. The molecule has 0 saturated carbocycles. The molecule has 0 spiro atoms. The predicted molar refractivity (Wildman–Crippen MR) is 103 cm³/mol. The van der Waals surface area contributed by atoms with Gasteiger partial charge in [-0.3, -0.25) is 9.88 Å². The van der Waals surface area contributed by atoms with E-state index in [1.165, 1.54) is 6.20 Å². The second kappa shape index (κ2) is 10.7. The zero-order valence-electron chi connectivity index (χ0n) is 17.2. The van der Waals surface area contributed by atoms with Crippen LogP contribution in [-0.4, -0.2) is 99.0 Å².